The summed E-state index contributed by atoms with van der Waals surface area (Å²) in [5.74, 6) is -0.228. The van der Waals surface area contributed by atoms with Crippen LogP contribution in [0.3, 0.4) is 0 Å². The summed E-state index contributed by atoms with van der Waals surface area (Å²) in [6, 6.07) is 10.2. The average Bonchev–Trinajstić information content (AvgIpc) is 2.84. The summed E-state index contributed by atoms with van der Waals surface area (Å²) in [5, 5.41) is 3.07. The Morgan fingerprint density at radius 2 is 1.85 bits per heavy atom. The van der Waals surface area contributed by atoms with Crippen molar-refractivity contribution in [3.8, 4) is 0 Å². The van der Waals surface area contributed by atoms with Gasteiger partial charge in [0, 0.05) is 31.2 Å². The number of pyridine rings is 2. The van der Waals surface area contributed by atoms with Crippen LogP contribution in [0.15, 0.2) is 54.0 Å². The molecule has 0 radical (unpaired) electrons. The highest BCUT2D eigenvalue weighted by Gasteiger charge is 2.28. The van der Waals surface area contributed by atoms with E-state index in [4.69, 9.17) is 11.6 Å². The van der Waals surface area contributed by atoms with Gasteiger partial charge >= 0.3 is 0 Å². The Balaban J connectivity index is 1.63. The second-order valence-corrected chi connectivity index (χ2v) is 8.83. The van der Waals surface area contributed by atoms with Gasteiger partial charge in [0.25, 0.3) is 11.5 Å². The van der Waals surface area contributed by atoms with E-state index in [0.717, 1.165) is 29.8 Å². The minimum atomic E-state index is -0.469. The third-order valence-electron chi connectivity index (χ3n) is 6.21. The van der Waals surface area contributed by atoms with Crippen molar-refractivity contribution in [2.24, 2.45) is 0 Å². The highest BCUT2D eigenvalue weighted by Crippen LogP contribution is 2.32. The maximum atomic E-state index is 13.6. The lowest BCUT2D eigenvalue weighted by Crippen LogP contribution is -2.38. The van der Waals surface area contributed by atoms with E-state index in [1.54, 1.807) is 17.0 Å². The van der Waals surface area contributed by atoms with Crippen molar-refractivity contribution in [3.05, 3.63) is 92.9 Å². The van der Waals surface area contributed by atoms with Crippen LogP contribution < -0.4 is 10.9 Å². The predicted octanol–water partition coefficient (Wildman–Crippen LogP) is 5.52. The number of nitrogens with zero attached hydrogens (tertiary/aromatic N) is 3. The number of halogens is 2. The molecule has 0 bridgehead atoms. The number of anilines is 2. The van der Waals surface area contributed by atoms with E-state index in [9.17, 15) is 14.0 Å². The van der Waals surface area contributed by atoms with E-state index in [2.05, 4.69) is 16.9 Å². The average molecular weight is 481 g/mol. The minimum absolute atomic E-state index is 0.0908. The molecule has 0 saturated carbocycles. The zero-order chi connectivity index (χ0) is 24.4. The standard InChI is InChI=1S/C26H26ClFN4O2/c1-4-31-15-21(24(23(27)26(31)34)30-22-10-5-16(2)29-17(22)3)25(33)32-13-11-19(12-14-32)18-6-8-20(28)9-7-18/h4-10,15,19,30H,1,11-14H2,2-3H3. The first-order valence-corrected chi connectivity index (χ1v) is 11.5. The third kappa shape index (κ3) is 4.75. The van der Waals surface area contributed by atoms with Crippen molar-refractivity contribution in [2.75, 3.05) is 18.4 Å². The molecular weight excluding hydrogens is 455 g/mol. The molecule has 0 atom stereocenters. The number of piperidine rings is 1. The van der Waals surface area contributed by atoms with Crippen LogP contribution in [0.25, 0.3) is 6.20 Å². The fraction of sp³-hybridized carbons (Fsp3) is 0.269. The Morgan fingerprint density at radius 1 is 1.18 bits per heavy atom. The maximum absolute atomic E-state index is 13.6. The lowest BCUT2D eigenvalue weighted by atomic mass is 9.89. The molecule has 1 N–H and O–H groups in total. The molecule has 0 unspecified atom stereocenters. The summed E-state index contributed by atoms with van der Waals surface area (Å²) >= 11 is 6.45. The molecular formula is C26H26ClFN4O2. The molecule has 176 valence electrons. The first-order valence-electron chi connectivity index (χ1n) is 11.1. The molecule has 3 heterocycles. The molecule has 0 spiro atoms. The lowest BCUT2D eigenvalue weighted by molar-refractivity contribution is 0.0713. The van der Waals surface area contributed by atoms with Crippen molar-refractivity contribution in [3.63, 3.8) is 0 Å². The number of amides is 1. The van der Waals surface area contributed by atoms with Crippen molar-refractivity contribution in [2.45, 2.75) is 32.6 Å². The fourth-order valence-corrected chi connectivity index (χ4v) is 4.54. The number of likely N-dealkylation sites (tertiary alicyclic amines) is 1. The van der Waals surface area contributed by atoms with Gasteiger partial charge in [0.15, 0.2) is 0 Å². The van der Waals surface area contributed by atoms with Crippen LogP contribution in [-0.4, -0.2) is 33.4 Å². The number of rotatable bonds is 5. The number of hydrogen-bond acceptors (Lipinski definition) is 4. The monoisotopic (exact) mass is 480 g/mol. The van der Waals surface area contributed by atoms with Gasteiger partial charge in [-0.25, -0.2) is 4.39 Å². The van der Waals surface area contributed by atoms with Crippen LogP contribution in [0.5, 0.6) is 0 Å². The highest BCUT2D eigenvalue weighted by molar-refractivity contribution is 6.34. The summed E-state index contributed by atoms with van der Waals surface area (Å²) in [4.78, 5) is 32.5. The van der Waals surface area contributed by atoms with E-state index in [1.165, 1.54) is 29.1 Å². The summed E-state index contributed by atoms with van der Waals surface area (Å²) in [6.45, 7) is 8.46. The van der Waals surface area contributed by atoms with E-state index in [-0.39, 0.29) is 33.9 Å². The fourth-order valence-electron chi connectivity index (χ4n) is 4.30. The lowest BCUT2D eigenvalue weighted by Gasteiger charge is -2.33. The molecule has 6 nitrogen and oxygen atoms in total. The van der Waals surface area contributed by atoms with Crippen LogP contribution in [0.4, 0.5) is 15.8 Å². The zero-order valence-corrected chi connectivity index (χ0v) is 19.9. The van der Waals surface area contributed by atoms with Gasteiger partial charge in [-0.3, -0.25) is 19.1 Å². The van der Waals surface area contributed by atoms with E-state index >= 15 is 0 Å². The highest BCUT2D eigenvalue weighted by atomic mass is 35.5. The summed E-state index contributed by atoms with van der Waals surface area (Å²) in [5.41, 5.74) is 3.38. The van der Waals surface area contributed by atoms with Gasteiger partial charge in [0.05, 0.1) is 22.6 Å². The van der Waals surface area contributed by atoms with Crippen molar-refractivity contribution in [1.29, 1.82) is 0 Å². The number of carbonyl (C=O) groups is 1. The van der Waals surface area contributed by atoms with Gasteiger partial charge in [0.2, 0.25) is 0 Å². The summed E-state index contributed by atoms with van der Waals surface area (Å²) < 4.78 is 14.5. The molecule has 8 heteroatoms. The van der Waals surface area contributed by atoms with Crippen LogP contribution in [-0.2, 0) is 0 Å². The molecule has 0 aliphatic carbocycles. The molecule has 1 aliphatic rings. The van der Waals surface area contributed by atoms with Crippen LogP contribution in [0.2, 0.25) is 5.02 Å². The number of nitrogens with one attached hydrogen (secondary N) is 1. The number of hydrogen-bond donors (Lipinski definition) is 1. The molecule has 3 aromatic rings. The van der Waals surface area contributed by atoms with Crippen LogP contribution in [0.1, 0.15) is 46.1 Å². The minimum Gasteiger partial charge on any atom is -0.352 e. The summed E-state index contributed by atoms with van der Waals surface area (Å²) in [6.07, 6.45) is 4.31. The van der Waals surface area contributed by atoms with Gasteiger partial charge in [0.1, 0.15) is 10.8 Å². The second-order valence-electron chi connectivity index (χ2n) is 8.46. The molecule has 1 fully saturated rings. The molecule has 2 aromatic heterocycles. The van der Waals surface area contributed by atoms with Crippen molar-refractivity contribution < 1.29 is 9.18 Å². The predicted molar refractivity (Wildman–Crippen MR) is 133 cm³/mol. The number of aromatic nitrogens is 2. The Hall–Kier alpha value is -3.45. The zero-order valence-electron chi connectivity index (χ0n) is 19.1. The van der Waals surface area contributed by atoms with E-state index < -0.39 is 5.56 Å². The van der Waals surface area contributed by atoms with Crippen molar-refractivity contribution >= 4 is 35.1 Å². The van der Waals surface area contributed by atoms with Gasteiger partial charge < -0.3 is 10.2 Å². The number of carbonyl (C=O) groups excluding carboxylic acids is 1. The normalized spacial score (nSPS) is 14.2. The Kier molecular flexibility index (Phi) is 6.84. The van der Waals surface area contributed by atoms with E-state index in [1.807, 2.05) is 26.0 Å². The second kappa shape index (κ2) is 9.81. The smallest absolute Gasteiger partial charge is 0.275 e. The molecule has 1 aromatic carbocycles. The Labute approximate surface area is 202 Å². The third-order valence-corrected chi connectivity index (χ3v) is 6.57. The molecule has 4 rings (SSSR count). The Bertz CT molecular complexity index is 1300. The number of benzene rings is 1. The quantitative estimate of drug-likeness (QED) is 0.522. The summed E-state index contributed by atoms with van der Waals surface area (Å²) in [7, 11) is 0. The number of aryl methyl sites for hydroxylation is 2. The Morgan fingerprint density at radius 3 is 2.47 bits per heavy atom. The van der Waals surface area contributed by atoms with Gasteiger partial charge in [-0.15, -0.1) is 0 Å². The van der Waals surface area contributed by atoms with Gasteiger partial charge in [-0.1, -0.05) is 30.3 Å². The van der Waals surface area contributed by atoms with Crippen LogP contribution >= 0.6 is 11.6 Å². The maximum Gasteiger partial charge on any atom is 0.275 e. The molecule has 1 amide bonds. The van der Waals surface area contributed by atoms with Gasteiger partial charge in [-0.2, -0.15) is 0 Å². The molecule has 1 saturated heterocycles. The van der Waals surface area contributed by atoms with Gasteiger partial charge in [-0.05, 0) is 62.4 Å². The van der Waals surface area contributed by atoms with E-state index in [0.29, 0.717) is 18.8 Å². The topological polar surface area (TPSA) is 67.2 Å². The molecule has 1 aliphatic heterocycles. The van der Waals surface area contributed by atoms with Crippen molar-refractivity contribution in [1.82, 2.24) is 14.5 Å². The largest absolute Gasteiger partial charge is 0.352 e. The SMILES string of the molecule is C=Cn1cc(C(=O)N2CCC(c3ccc(F)cc3)CC2)c(Nc2ccc(C)nc2C)c(Cl)c1=O. The molecule has 34 heavy (non-hydrogen) atoms. The van der Waals surface area contributed by atoms with Crippen LogP contribution in [0, 0.1) is 19.7 Å². The first-order chi connectivity index (χ1) is 16.3. The first kappa shape index (κ1) is 23.7.